The van der Waals surface area contributed by atoms with Gasteiger partial charge in [-0.2, -0.15) is 5.10 Å². The molecule has 1 unspecified atom stereocenters. The van der Waals surface area contributed by atoms with E-state index >= 15 is 0 Å². The number of hydrogen-bond acceptors (Lipinski definition) is 2. The van der Waals surface area contributed by atoms with Crippen LogP contribution in [0.2, 0.25) is 0 Å². The van der Waals surface area contributed by atoms with E-state index in [1.165, 1.54) is 11.1 Å². The van der Waals surface area contributed by atoms with Crippen molar-refractivity contribution in [3.8, 4) is 0 Å². The average molecular weight is 308 g/mol. The van der Waals surface area contributed by atoms with E-state index in [1.54, 1.807) is 0 Å². The predicted octanol–water partition coefficient (Wildman–Crippen LogP) is 3.19. The van der Waals surface area contributed by atoms with Crippen LogP contribution in [0, 0.1) is 6.92 Å². The molecule has 4 heteroatoms. The summed E-state index contributed by atoms with van der Waals surface area (Å²) in [6.45, 7) is 5.18. The Labute approximate surface area is 116 Å². The Bertz CT molecular complexity index is 514. The molecule has 1 aromatic carbocycles. The molecule has 0 aliphatic heterocycles. The van der Waals surface area contributed by atoms with E-state index in [0.29, 0.717) is 0 Å². The first-order valence-corrected chi connectivity index (χ1v) is 6.90. The van der Waals surface area contributed by atoms with Crippen molar-refractivity contribution in [2.75, 3.05) is 6.54 Å². The van der Waals surface area contributed by atoms with E-state index in [9.17, 15) is 0 Å². The SMILES string of the molecule is CCNC(c1ccccc1C)c1c(Br)cnn1C. The highest BCUT2D eigenvalue weighted by Crippen LogP contribution is 2.29. The highest BCUT2D eigenvalue weighted by molar-refractivity contribution is 9.10. The first kappa shape index (κ1) is 13.3. The third-order valence-electron chi connectivity index (χ3n) is 3.12. The quantitative estimate of drug-likeness (QED) is 0.940. The van der Waals surface area contributed by atoms with Gasteiger partial charge in [0.05, 0.1) is 22.4 Å². The molecule has 3 nitrogen and oxygen atoms in total. The fourth-order valence-electron chi connectivity index (χ4n) is 2.21. The van der Waals surface area contributed by atoms with Crippen LogP contribution in [0.1, 0.15) is 29.8 Å². The Balaban J connectivity index is 2.50. The van der Waals surface area contributed by atoms with Crippen LogP contribution in [0.25, 0.3) is 0 Å². The van der Waals surface area contributed by atoms with Crippen molar-refractivity contribution in [1.82, 2.24) is 15.1 Å². The highest BCUT2D eigenvalue weighted by atomic mass is 79.9. The molecule has 1 aromatic heterocycles. The minimum absolute atomic E-state index is 0.165. The van der Waals surface area contributed by atoms with Crippen molar-refractivity contribution >= 4 is 15.9 Å². The van der Waals surface area contributed by atoms with Crippen LogP contribution in [0.3, 0.4) is 0 Å². The third-order valence-corrected chi connectivity index (χ3v) is 3.73. The molecule has 2 aromatic rings. The predicted molar refractivity (Wildman–Crippen MR) is 77.6 cm³/mol. The number of hydrogen-bond donors (Lipinski definition) is 1. The molecule has 1 N–H and O–H groups in total. The summed E-state index contributed by atoms with van der Waals surface area (Å²) in [5.74, 6) is 0. The first-order valence-electron chi connectivity index (χ1n) is 6.11. The number of halogens is 1. The number of nitrogens with one attached hydrogen (secondary N) is 1. The maximum Gasteiger partial charge on any atom is 0.0762 e. The average Bonchev–Trinajstić information content (AvgIpc) is 2.68. The van der Waals surface area contributed by atoms with E-state index in [-0.39, 0.29) is 6.04 Å². The molecule has 0 radical (unpaired) electrons. The van der Waals surface area contributed by atoms with Crippen LogP contribution < -0.4 is 5.32 Å². The van der Waals surface area contributed by atoms with Gasteiger partial charge in [-0.1, -0.05) is 31.2 Å². The molecule has 0 saturated carbocycles. The zero-order valence-electron chi connectivity index (χ0n) is 10.9. The second kappa shape index (κ2) is 5.67. The molecular weight excluding hydrogens is 290 g/mol. The molecule has 0 fully saturated rings. The minimum Gasteiger partial charge on any atom is -0.305 e. The normalized spacial score (nSPS) is 12.7. The van der Waals surface area contributed by atoms with Gasteiger partial charge in [0.25, 0.3) is 0 Å². The lowest BCUT2D eigenvalue weighted by Crippen LogP contribution is -2.25. The number of rotatable bonds is 4. The maximum atomic E-state index is 4.30. The van der Waals surface area contributed by atoms with E-state index in [1.807, 2.05) is 17.9 Å². The smallest absolute Gasteiger partial charge is 0.0762 e. The maximum absolute atomic E-state index is 4.30. The number of aryl methyl sites for hydroxylation is 2. The second-order valence-electron chi connectivity index (χ2n) is 4.35. The molecule has 2 rings (SSSR count). The summed E-state index contributed by atoms with van der Waals surface area (Å²) in [6.07, 6.45) is 1.85. The Hall–Kier alpha value is -1.13. The van der Waals surface area contributed by atoms with Gasteiger partial charge in [-0.15, -0.1) is 0 Å². The van der Waals surface area contributed by atoms with Gasteiger partial charge in [0, 0.05) is 7.05 Å². The van der Waals surface area contributed by atoms with Crippen LogP contribution in [0.4, 0.5) is 0 Å². The summed E-state index contributed by atoms with van der Waals surface area (Å²) in [4.78, 5) is 0. The molecule has 0 spiro atoms. The van der Waals surface area contributed by atoms with Gasteiger partial charge in [-0.05, 0) is 40.5 Å². The van der Waals surface area contributed by atoms with Crippen LogP contribution in [0.15, 0.2) is 34.9 Å². The highest BCUT2D eigenvalue weighted by Gasteiger charge is 2.20. The Morgan fingerprint density at radius 3 is 2.67 bits per heavy atom. The molecule has 0 aliphatic rings. The molecule has 1 heterocycles. The van der Waals surface area contributed by atoms with Crippen molar-refractivity contribution in [3.63, 3.8) is 0 Å². The zero-order chi connectivity index (χ0) is 13.1. The Morgan fingerprint density at radius 2 is 2.11 bits per heavy atom. The molecule has 18 heavy (non-hydrogen) atoms. The number of benzene rings is 1. The number of aromatic nitrogens is 2. The lowest BCUT2D eigenvalue weighted by Gasteiger charge is -2.21. The topological polar surface area (TPSA) is 29.9 Å². The van der Waals surface area contributed by atoms with Gasteiger partial charge in [0.1, 0.15) is 0 Å². The van der Waals surface area contributed by atoms with Crippen LogP contribution in [-0.2, 0) is 7.05 Å². The van der Waals surface area contributed by atoms with E-state index in [0.717, 1.165) is 16.7 Å². The number of nitrogens with zero attached hydrogens (tertiary/aromatic N) is 2. The molecule has 96 valence electrons. The van der Waals surface area contributed by atoms with E-state index in [2.05, 4.69) is 64.5 Å². The van der Waals surface area contributed by atoms with Gasteiger partial charge < -0.3 is 5.32 Å². The van der Waals surface area contributed by atoms with Crippen molar-refractivity contribution < 1.29 is 0 Å². The molecular formula is C14H18BrN3. The van der Waals surface area contributed by atoms with Crippen LogP contribution >= 0.6 is 15.9 Å². The molecule has 0 amide bonds. The summed E-state index contributed by atoms with van der Waals surface area (Å²) < 4.78 is 2.96. The Morgan fingerprint density at radius 1 is 1.39 bits per heavy atom. The largest absolute Gasteiger partial charge is 0.305 e. The summed E-state index contributed by atoms with van der Waals surface area (Å²) in [7, 11) is 1.97. The minimum atomic E-state index is 0.165. The Kier molecular flexibility index (Phi) is 4.19. The van der Waals surface area contributed by atoms with Crippen molar-refractivity contribution in [1.29, 1.82) is 0 Å². The summed E-state index contributed by atoms with van der Waals surface area (Å²) >= 11 is 3.59. The monoisotopic (exact) mass is 307 g/mol. The van der Waals surface area contributed by atoms with Gasteiger partial charge >= 0.3 is 0 Å². The first-order chi connectivity index (χ1) is 8.65. The van der Waals surface area contributed by atoms with Gasteiger partial charge in [0.2, 0.25) is 0 Å². The van der Waals surface area contributed by atoms with E-state index in [4.69, 9.17) is 0 Å². The van der Waals surface area contributed by atoms with Crippen LogP contribution in [-0.4, -0.2) is 16.3 Å². The second-order valence-corrected chi connectivity index (χ2v) is 5.20. The van der Waals surface area contributed by atoms with E-state index < -0.39 is 0 Å². The van der Waals surface area contributed by atoms with Crippen molar-refractivity contribution in [3.05, 3.63) is 51.8 Å². The third kappa shape index (κ3) is 2.49. The van der Waals surface area contributed by atoms with Crippen LogP contribution in [0.5, 0.6) is 0 Å². The molecule has 1 atom stereocenters. The standard InChI is InChI=1S/C14H18BrN3/c1-4-16-13(11-8-6-5-7-10(11)2)14-12(15)9-17-18(14)3/h5-9,13,16H,4H2,1-3H3. The lowest BCUT2D eigenvalue weighted by molar-refractivity contribution is 0.569. The fraction of sp³-hybridized carbons (Fsp3) is 0.357. The molecule has 0 saturated heterocycles. The van der Waals surface area contributed by atoms with Crippen molar-refractivity contribution in [2.45, 2.75) is 19.9 Å². The summed E-state index contributed by atoms with van der Waals surface area (Å²) in [6, 6.07) is 8.63. The lowest BCUT2D eigenvalue weighted by atomic mass is 9.98. The zero-order valence-corrected chi connectivity index (χ0v) is 12.5. The van der Waals surface area contributed by atoms with Gasteiger partial charge in [0.15, 0.2) is 0 Å². The molecule has 0 aliphatic carbocycles. The van der Waals surface area contributed by atoms with Crippen molar-refractivity contribution in [2.24, 2.45) is 7.05 Å². The fourth-order valence-corrected chi connectivity index (χ4v) is 2.79. The summed E-state index contributed by atoms with van der Waals surface area (Å²) in [5, 5.41) is 7.84. The van der Waals surface area contributed by atoms with Gasteiger partial charge in [-0.25, -0.2) is 0 Å². The molecule has 0 bridgehead atoms. The van der Waals surface area contributed by atoms with Gasteiger partial charge in [-0.3, -0.25) is 4.68 Å². The summed E-state index contributed by atoms with van der Waals surface area (Å²) in [5.41, 5.74) is 3.74.